The molecule has 0 fully saturated rings. The summed E-state index contributed by atoms with van der Waals surface area (Å²) < 4.78 is 10.2. The van der Waals surface area contributed by atoms with Crippen LogP contribution >= 0.6 is 0 Å². The zero-order valence-corrected chi connectivity index (χ0v) is 5.94. The van der Waals surface area contributed by atoms with Crippen LogP contribution < -0.4 is 0 Å². The van der Waals surface area contributed by atoms with E-state index in [-0.39, 0.29) is 0 Å². The Hall–Kier alpha value is -0.660. The third-order valence-electron chi connectivity index (χ3n) is 1.46. The molecule has 0 N–H and O–H groups in total. The molecule has 0 aromatic rings. The highest BCUT2D eigenvalue weighted by Gasteiger charge is 2.08. The van der Waals surface area contributed by atoms with Crippen LogP contribution in [0.5, 0.6) is 0 Å². The smallest absolute Gasteiger partial charge is 0.277 e. The maximum atomic E-state index is 5.20. The molecule has 9 heavy (non-hydrogen) atoms. The average molecular weight is 128 g/mol. The Kier molecular flexibility index (Phi) is 1.98. The first-order valence-corrected chi connectivity index (χ1v) is 3.21. The first-order valence-electron chi connectivity index (χ1n) is 3.21. The second kappa shape index (κ2) is 2.76. The van der Waals surface area contributed by atoms with E-state index in [2.05, 4.69) is 0 Å². The molecule has 0 saturated carbocycles. The van der Waals surface area contributed by atoms with E-state index in [0.29, 0.717) is 0 Å². The van der Waals surface area contributed by atoms with Gasteiger partial charge in [-0.1, -0.05) is 0 Å². The maximum Gasteiger partial charge on any atom is 0.277 e. The molecule has 0 spiro atoms. The summed E-state index contributed by atoms with van der Waals surface area (Å²) in [5.41, 5.74) is 1.23. The van der Waals surface area contributed by atoms with Gasteiger partial charge in [0.1, 0.15) is 0 Å². The molecule has 0 radical (unpaired) electrons. The predicted octanol–water partition coefficient (Wildman–Crippen LogP) is 1.67. The molecule has 1 heterocycles. The van der Waals surface area contributed by atoms with Gasteiger partial charge >= 0.3 is 0 Å². The summed E-state index contributed by atoms with van der Waals surface area (Å²) in [5, 5.41) is 0. The van der Waals surface area contributed by atoms with Crippen molar-refractivity contribution in [2.75, 3.05) is 13.7 Å². The maximum absolute atomic E-state index is 5.20. The van der Waals surface area contributed by atoms with Crippen LogP contribution in [0.3, 0.4) is 0 Å². The lowest BCUT2D eigenvalue weighted by atomic mass is 10.1. The number of ether oxygens (including phenoxy) is 2. The summed E-state index contributed by atoms with van der Waals surface area (Å²) in [7, 11) is 1.64. The molecule has 0 aliphatic carbocycles. The predicted molar refractivity (Wildman–Crippen MR) is 34.9 cm³/mol. The van der Waals surface area contributed by atoms with Crippen molar-refractivity contribution in [3.05, 3.63) is 11.5 Å². The largest absolute Gasteiger partial charge is 0.469 e. The van der Waals surface area contributed by atoms with E-state index in [1.54, 1.807) is 7.11 Å². The van der Waals surface area contributed by atoms with Crippen molar-refractivity contribution in [3.63, 3.8) is 0 Å². The Balaban J connectivity index is 2.59. The Bertz CT molecular complexity index is 127. The van der Waals surface area contributed by atoms with Crippen LogP contribution in [-0.4, -0.2) is 13.7 Å². The Morgan fingerprint density at radius 3 is 2.78 bits per heavy atom. The van der Waals surface area contributed by atoms with Crippen molar-refractivity contribution in [2.45, 2.75) is 19.8 Å². The molecule has 1 aliphatic heterocycles. The molecule has 0 atom stereocenters. The summed E-state index contributed by atoms with van der Waals surface area (Å²) in [6, 6.07) is 0. The van der Waals surface area contributed by atoms with Crippen molar-refractivity contribution in [1.29, 1.82) is 0 Å². The van der Waals surface area contributed by atoms with Gasteiger partial charge in [-0.15, -0.1) is 0 Å². The molecular formula is C7H12O2. The number of methoxy groups -OCH3 is 1. The van der Waals surface area contributed by atoms with Crippen LogP contribution in [-0.2, 0) is 9.47 Å². The van der Waals surface area contributed by atoms with Gasteiger partial charge in [0.2, 0.25) is 0 Å². The van der Waals surface area contributed by atoms with E-state index < -0.39 is 0 Å². The van der Waals surface area contributed by atoms with Gasteiger partial charge in [0.25, 0.3) is 5.95 Å². The molecule has 0 saturated heterocycles. The van der Waals surface area contributed by atoms with Gasteiger partial charge < -0.3 is 9.47 Å². The van der Waals surface area contributed by atoms with Crippen LogP contribution in [0, 0.1) is 0 Å². The van der Waals surface area contributed by atoms with Crippen LogP contribution in [0.15, 0.2) is 11.5 Å². The molecule has 0 aromatic heterocycles. The highest BCUT2D eigenvalue weighted by atomic mass is 16.7. The van der Waals surface area contributed by atoms with Crippen LogP contribution in [0.4, 0.5) is 0 Å². The summed E-state index contributed by atoms with van der Waals surface area (Å²) >= 11 is 0. The molecule has 0 unspecified atom stereocenters. The molecule has 2 nitrogen and oxygen atoms in total. The van der Waals surface area contributed by atoms with E-state index in [0.717, 1.165) is 25.4 Å². The van der Waals surface area contributed by atoms with E-state index in [1.807, 2.05) is 6.92 Å². The quantitative estimate of drug-likeness (QED) is 0.535. The molecular weight excluding hydrogens is 116 g/mol. The zero-order chi connectivity index (χ0) is 6.69. The molecule has 0 amide bonds. The second-order valence-electron chi connectivity index (χ2n) is 2.22. The minimum absolute atomic E-state index is 0.723. The number of hydrogen-bond donors (Lipinski definition) is 0. The first kappa shape index (κ1) is 6.46. The minimum atomic E-state index is 0.723. The summed E-state index contributed by atoms with van der Waals surface area (Å²) in [5.74, 6) is 0.723. The van der Waals surface area contributed by atoms with Crippen LogP contribution in [0.2, 0.25) is 0 Å². The molecule has 52 valence electrons. The summed E-state index contributed by atoms with van der Waals surface area (Å²) in [6.45, 7) is 2.85. The number of allylic oxidation sites excluding steroid dienone is 1. The number of hydrogen-bond acceptors (Lipinski definition) is 2. The van der Waals surface area contributed by atoms with E-state index in [1.165, 1.54) is 5.57 Å². The Labute approximate surface area is 55.5 Å². The summed E-state index contributed by atoms with van der Waals surface area (Å²) in [6.07, 6.45) is 2.24. The van der Waals surface area contributed by atoms with Crippen LogP contribution in [0.25, 0.3) is 0 Å². The van der Waals surface area contributed by atoms with Gasteiger partial charge in [0, 0.05) is 5.57 Å². The SMILES string of the molecule is COC1=C(C)CCCO1. The standard InChI is InChI=1S/C7H12O2/c1-6-4-3-5-9-7(6)8-2/h3-5H2,1-2H3. The minimum Gasteiger partial charge on any atom is -0.469 e. The van der Waals surface area contributed by atoms with Gasteiger partial charge in [-0.2, -0.15) is 0 Å². The second-order valence-corrected chi connectivity index (χ2v) is 2.22. The molecule has 0 aromatic carbocycles. The summed E-state index contributed by atoms with van der Waals surface area (Å²) in [4.78, 5) is 0. The lowest BCUT2D eigenvalue weighted by Gasteiger charge is -2.16. The first-order chi connectivity index (χ1) is 4.34. The zero-order valence-electron chi connectivity index (χ0n) is 5.94. The fourth-order valence-electron chi connectivity index (χ4n) is 0.961. The van der Waals surface area contributed by atoms with E-state index in [9.17, 15) is 0 Å². The van der Waals surface area contributed by atoms with Crippen molar-refractivity contribution in [1.82, 2.24) is 0 Å². The fraction of sp³-hybridized carbons (Fsp3) is 0.714. The van der Waals surface area contributed by atoms with Gasteiger partial charge in [0.15, 0.2) is 0 Å². The van der Waals surface area contributed by atoms with Gasteiger partial charge in [-0.05, 0) is 19.8 Å². The van der Waals surface area contributed by atoms with Crippen molar-refractivity contribution in [2.24, 2.45) is 0 Å². The molecule has 2 heteroatoms. The topological polar surface area (TPSA) is 18.5 Å². The number of rotatable bonds is 1. The lowest BCUT2D eigenvalue weighted by molar-refractivity contribution is 0.0447. The highest BCUT2D eigenvalue weighted by Crippen LogP contribution is 2.17. The van der Waals surface area contributed by atoms with Crippen molar-refractivity contribution >= 4 is 0 Å². The van der Waals surface area contributed by atoms with E-state index in [4.69, 9.17) is 9.47 Å². The molecule has 1 aliphatic rings. The molecule has 1 rings (SSSR count). The van der Waals surface area contributed by atoms with Crippen molar-refractivity contribution in [3.8, 4) is 0 Å². The Morgan fingerprint density at radius 2 is 2.33 bits per heavy atom. The monoisotopic (exact) mass is 128 g/mol. The third-order valence-corrected chi connectivity index (χ3v) is 1.46. The normalized spacial score (nSPS) is 19.3. The van der Waals surface area contributed by atoms with Crippen LogP contribution in [0.1, 0.15) is 19.8 Å². The Morgan fingerprint density at radius 1 is 1.56 bits per heavy atom. The highest BCUT2D eigenvalue weighted by molar-refractivity contribution is 5.01. The van der Waals surface area contributed by atoms with Gasteiger partial charge in [-0.25, -0.2) is 0 Å². The van der Waals surface area contributed by atoms with E-state index >= 15 is 0 Å². The fourth-order valence-corrected chi connectivity index (χ4v) is 0.961. The lowest BCUT2D eigenvalue weighted by Crippen LogP contribution is -2.06. The van der Waals surface area contributed by atoms with Gasteiger partial charge in [-0.3, -0.25) is 0 Å². The van der Waals surface area contributed by atoms with Crippen molar-refractivity contribution < 1.29 is 9.47 Å². The third kappa shape index (κ3) is 1.37. The average Bonchev–Trinajstić information content (AvgIpc) is 1.89. The molecule has 0 bridgehead atoms. The van der Waals surface area contributed by atoms with Gasteiger partial charge in [0.05, 0.1) is 13.7 Å².